The first-order chi connectivity index (χ1) is 9.66. The van der Waals surface area contributed by atoms with Crippen molar-refractivity contribution >= 4 is 11.8 Å². The summed E-state index contributed by atoms with van der Waals surface area (Å²) in [6, 6.07) is 0. The summed E-state index contributed by atoms with van der Waals surface area (Å²) >= 11 is 0. The van der Waals surface area contributed by atoms with Crippen LogP contribution in [-0.2, 0) is 14.3 Å². The minimum Gasteiger partial charge on any atom is -0.465 e. The van der Waals surface area contributed by atoms with E-state index in [2.05, 4.69) is 13.8 Å². The van der Waals surface area contributed by atoms with Crippen LogP contribution in [0.15, 0.2) is 0 Å². The molecule has 3 unspecified atom stereocenters. The third kappa shape index (κ3) is 3.17. The van der Waals surface area contributed by atoms with Crippen molar-refractivity contribution < 1.29 is 14.3 Å². The summed E-state index contributed by atoms with van der Waals surface area (Å²) in [6.07, 6.45) is 5.06. The van der Waals surface area contributed by atoms with Gasteiger partial charge in [-0.25, -0.2) is 0 Å². The summed E-state index contributed by atoms with van der Waals surface area (Å²) in [6.45, 7) is 10.6. The molecule has 3 nitrogen and oxygen atoms in total. The summed E-state index contributed by atoms with van der Waals surface area (Å²) in [7, 11) is 0. The Morgan fingerprint density at radius 2 is 2.05 bits per heavy atom. The highest BCUT2D eigenvalue weighted by Crippen LogP contribution is 2.56. The fourth-order valence-electron chi connectivity index (χ4n) is 4.44. The lowest BCUT2D eigenvalue weighted by Crippen LogP contribution is -2.40. The molecule has 0 bridgehead atoms. The van der Waals surface area contributed by atoms with Gasteiger partial charge in [-0.15, -0.1) is 0 Å². The summed E-state index contributed by atoms with van der Waals surface area (Å²) in [5.41, 5.74) is -0.314. The quantitative estimate of drug-likeness (QED) is 0.739. The Morgan fingerprint density at radius 3 is 2.67 bits per heavy atom. The molecule has 0 aromatic heterocycles. The Bertz CT molecular complexity index is 421. The molecule has 3 heteroatoms. The van der Waals surface area contributed by atoms with Gasteiger partial charge in [0.25, 0.3) is 0 Å². The van der Waals surface area contributed by atoms with E-state index in [1.165, 1.54) is 0 Å². The lowest BCUT2D eigenvalue weighted by atomic mass is 9.62. The maximum atomic E-state index is 12.2. The number of hydrogen-bond acceptors (Lipinski definition) is 3. The Morgan fingerprint density at radius 1 is 1.38 bits per heavy atom. The van der Waals surface area contributed by atoms with Crippen LogP contribution in [0.4, 0.5) is 0 Å². The Labute approximate surface area is 128 Å². The number of hydrogen-bond donors (Lipinski definition) is 0. The molecular weight excluding hydrogens is 264 g/mol. The van der Waals surface area contributed by atoms with Gasteiger partial charge in [-0.2, -0.15) is 0 Å². The number of fused-ring (bicyclic) bond motifs is 1. The molecule has 0 aromatic carbocycles. The highest BCUT2D eigenvalue weighted by molar-refractivity contribution is 5.83. The molecular formula is C18H30O3. The molecule has 0 spiro atoms. The van der Waals surface area contributed by atoms with Crippen LogP contribution in [0.1, 0.15) is 66.7 Å². The summed E-state index contributed by atoms with van der Waals surface area (Å²) in [5, 5.41) is 0. The van der Waals surface area contributed by atoms with Crippen molar-refractivity contribution in [3.8, 4) is 0 Å². The molecule has 2 saturated carbocycles. The molecule has 0 amide bonds. The number of carbonyl (C=O) groups is 2. The molecule has 2 aliphatic carbocycles. The minimum atomic E-state index is -0.442. The van der Waals surface area contributed by atoms with E-state index >= 15 is 0 Å². The zero-order chi connectivity index (χ0) is 15.8. The molecule has 120 valence electrons. The number of Topliss-reactive ketones (excluding diaryl/α,β-unsaturated/α-hetero) is 1. The molecule has 0 saturated heterocycles. The molecule has 2 rings (SSSR count). The second-order valence-electron chi connectivity index (χ2n) is 8.39. The molecule has 0 N–H and O–H groups in total. The number of esters is 1. The smallest absolute Gasteiger partial charge is 0.311 e. The standard InChI is InChI=1S/C18H30O3/c1-12(11-21-16(20)17(2,3)4)13-8-9-14-15(19)7-6-10-18(13,14)5/h12-14H,6-11H2,1-5H3/t12-,13?,14?,18?/m0/s1. The van der Waals surface area contributed by atoms with Gasteiger partial charge in [0.1, 0.15) is 5.78 Å². The first-order valence-corrected chi connectivity index (χ1v) is 8.36. The van der Waals surface area contributed by atoms with E-state index in [4.69, 9.17) is 4.74 Å². The van der Waals surface area contributed by atoms with Crippen molar-refractivity contribution in [2.75, 3.05) is 6.61 Å². The van der Waals surface area contributed by atoms with E-state index in [1.54, 1.807) is 0 Å². The molecule has 21 heavy (non-hydrogen) atoms. The highest BCUT2D eigenvalue weighted by Gasteiger charge is 2.52. The van der Waals surface area contributed by atoms with Crippen molar-refractivity contribution in [2.45, 2.75) is 66.7 Å². The number of carbonyl (C=O) groups excluding carboxylic acids is 2. The normalized spacial score (nSPS) is 34.4. The maximum absolute atomic E-state index is 12.2. The van der Waals surface area contributed by atoms with Crippen LogP contribution in [0.25, 0.3) is 0 Å². The molecule has 0 aliphatic heterocycles. The van der Waals surface area contributed by atoms with Crippen molar-refractivity contribution in [1.82, 2.24) is 0 Å². The molecule has 0 heterocycles. The number of rotatable bonds is 3. The predicted octanol–water partition coefficient (Wildman–Crippen LogP) is 4.00. The van der Waals surface area contributed by atoms with Crippen molar-refractivity contribution in [3.63, 3.8) is 0 Å². The zero-order valence-corrected chi connectivity index (χ0v) is 14.2. The average molecular weight is 294 g/mol. The average Bonchev–Trinajstić information content (AvgIpc) is 2.73. The van der Waals surface area contributed by atoms with Gasteiger partial charge in [0, 0.05) is 12.3 Å². The summed E-state index contributed by atoms with van der Waals surface area (Å²) in [5.74, 6) is 1.41. The molecule has 0 radical (unpaired) electrons. The molecule has 2 fully saturated rings. The van der Waals surface area contributed by atoms with E-state index in [-0.39, 0.29) is 17.3 Å². The van der Waals surface area contributed by atoms with E-state index in [0.29, 0.717) is 24.2 Å². The van der Waals surface area contributed by atoms with E-state index in [1.807, 2.05) is 20.8 Å². The van der Waals surface area contributed by atoms with Crippen molar-refractivity contribution in [3.05, 3.63) is 0 Å². The Balaban J connectivity index is 1.98. The fourth-order valence-corrected chi connectivity index (χ4v) is 4.44. The van der Waals surface area contributed by atoms with Crippen LogP contribution in [-0.4, -0.2) is 18.4 Å². The lowest BCUT2D eigenvalue weighted by molar-refractivity contribution is -0.155. The van der Waals surface area contributed by atoms with Gasteiger partial charge in [0.05, 0.1) is 12.0 Å². The fraction of sp³-hybridized carbons (Fsp3) is 0.889. The monoisotopic (exact) mass is 294 g/mol. The maximum Gasteiger partial charge on any atom is 0.311 e. The van der Waals surface area contributed by atoms with Gasteiger partial charge in [-0.3, -0.25) is 9.59 Å². The van der Waals surface area contributed by atoms with Gasteiger partial charge < -0.3 is 4.74 Å². The van der Waals surface area contributed by atoms with E-state index in [0.717, 1.165) is 32.1 Å². The topological polar surface area (TPSA) is 43.4 Å². The van der Waals surface area contributed by atoms with Crippen LogP contribution in [0, 0.1) is 28.6 Å². The van der Waals surface area contributed by atoms with E-state index < -0.39 is 5.41 Å². The SMILES string of the molecule is C[C@@H](COC(=O)C(C)(C)C)C1CCC2C(=O)CCCC21C. The van der Waals surface area contributed by atoms with Gasteiger partial charge >= 0.3 is 5.97 Å². The Hall–Kier alpha value is -0.860. The third-order valence-electron chi connectivity index (χ3n) is 5.71. The number of ketones is 1. The van der Waals surface area contributed by atoms with Crippen LogP contribution in [0.5, 0.6) is 0 Å². The highest BCUT2D eigenvalue weighted by atomic mass is 16.5. The second-order valence-corrected chi connectivity index (χ2v) is 8.39. The molecule has 2 aliphatic rings. The van der Waals surface area contributed by atoms with Crippen LogP contribution in [0.2, 0.25) is 0 Å². The van der Waals surface area contributed by atoms with E-state index in [9.17, 15) is 9.59 Å². The third-order valence-corrected chi connectivity index (χ3v) is 5.71. The summed E-state index contributed by atoms with van der Waals surface area (Å²) < 4.78 is 5.51. The molecule has 0 aromatic rings. The first-order valence-electron chi connectivity index (χ1n) is 8.36. The molecule has 4 atom stereocenters. The first kappa shape index (κ1) is 16.5. The van der Waals surface area contributed by atoms with Crippen molar-refractivity contribution in [1.29, 1.82) is 0 Å². The van der Waals surface area contributed by atoms with Crippen molar-refractivity contribution in [2.24, 2.45) is 28.6 Å². The zero-order valence-electron chi connectivity index (χ0n) is 14.2. The van der Waals surface area contributed by atoms with Crippen LogP contribution >= 0.6 is 0 Å². The summed E-state index contributed by atoms with van der Waals surface area (Å²) in [4.78, 5) is 24.1. The van der Waals surface area contributed by atoms with Gasteiger partial charge in [0.15, 0.2) is 0 Å². The van der Waals surface area contributed by atoms with Gasteiger partial charge in [-0.05, 0) is 63.7 Å². The second kappa shape index (κ2) is 5.73. The lowest BCUT2D eigenvalue weighted by Gasteiger charge is -2.42. The van der Waals surface area contributed by atoms with Gasteiger partial charge in [0.2, 0.25) is 0 Å². The van der Waals surface area contributed by atoms with Crippen LogP contribution in [0.3, 0.4) is 0 Å². The Kier molecular flexibility index (Phi) is 4.51. The number of ether oxygens (including phenoxy) is 1. The van der Waals surface area contributed by atoms with Gasteiger partial charge in [-0.1, -0.05) is 13.8 Å². The predicted molar refractivity (Wildman–Crippen MR) is 82.8 cm³/mol. The largest absolute Gasteiger partial charge is 0.465 e. The van der Waals surface area contributed by atoms with Crippen LogP contribution < -0.4 is 0 Å². The minimum absolute atomic E-state index is 0.128.